The van der Waals surface area contributed by atoms with Crippen LogP contribution in [0.15, 0.2) is 249 Å². The van der Waals surface area contributed by atoms with Crippen LogP contribution >= 0.6 is 0 Å². The summed E-state index contributed by atoms with van der Waals surface area (Å²) >= 11 is 0. The predicted octanol–water partition coefficient (Wildman–Crippen LogP) is 16.3. The van der Waals surface area contributed by atoms with Crippen LogP contribution in [0.4, 0.5) is 17.1 Å². The Hall–Kier alpha value is -7.74. The third-order valence-corrected chi connectivity index (χ3v) is 11.3. The average Bonchev–Trinajstić information content (AvgIpc) is 3.33. The summed E-state index contributed by atoms with van der Waals surface area (Å²) in [4.78, 5) is 2.33. The topological polar surface area (TPSA) is 3.24 Å². The fraction of sp³-hybridized carbons (Fsp3) is 0. The first kappa shape index (κ1) is 35.7. The van der Waals surface area contributed by atoms with Crippen molar-refractivity contribution in [1.29, 1.82) is 0 Å². The summed E-state index contributed by atoms with van der Waals surface area (Å²) < 4.78 is 0. The van der Waals surface area contributed by atoms with Crippen molar-refractivity contribution in [2.24, 2.45) is 0 Å². The lowest BCUT2D eigenvalue weighted by molar-refractivity contribution is 1.28. The van der Waals surface area contributed by atoms with Gasteiger partial charge in [-0.1, -0.05) is 194 Å². The highest BCUT2D eigenvalue weighted by Gasteiger charge is 2.18. The van der Waals surface area contributed by atoms with Gasteiger partial charge in [-0.25, -0.2) is 0 Å². The van der Waals surface area contributed by atoms with Crippen LogP contribution in [0.5, 0.6) is 0 Å². The standard InChI is InChI=1S/C58H41N/c1-5-17-42(18-6-1)50-40-56(45-19-7-2-8-20-45)58(57(41-50)46-21-9-3-10-22-46)49-26-15-25-48(39-49)43-31-35-52(36-32-43)59(51-27-11-4-12-28-51)53-37-33-47(34-38-53)55-30-16-24-44-23-13-14-29-54(44)55/h1-41H. The van der Waals surface area contributed by atoms with Crippen molar-refractivity contribution in [3.8, 4) is 66.8 Å². The number of benzene rings is 10. The van der Waals surface area contributed by atoms with E-state index in [2.05, 4.69) is 254 Å². The molecule has 0 bridgehead atoms. The summed E-state index contributed by atoms with van der Waals surface area (Å²) in [6, 6.07) is 89.8. The van der Waals surface area contributed by atoms with Crippen molar-refractivity contribution >= 4 is 27.8 Å². The van der Waals surface area contributed by atoms with E-state index < -0.39 is 0 Å². The summed E-state index contributed by atoms with van der Waals surface area (Å²) in [5.41, 5.74) is 17.7. The van der Waals surface area contributed by atoms with Crippen LogP contribution in [0.25, 0.3) is 77.5 Å². The molecule has 0 fully saturated rings. The Morgan fingerprint density at radius 1 is 0.220 bits per heavy atom. The quantitative estimate of drug-likeness (QED) is 0.142. The Morgan fingerprint density at radius 2 is 0.627 bits per heavy atom. The van der Waals surface area contributed by atoms with Gasteiger partial charge in [0.15, 0.2) is 0 Å². The largest absolute Gasteiger partial charge is 0.311 e. The number of para-hydroxylation sites is 1. The Balaban J connectivity index is 1.05. The summed E-state index contributed by atoms with van der Waals surface area (Å²) in [5, 5.41) is 2.51. The maximum atomic E-state index is 2.36. The van der Waals surface area contributed by atoms with Gasteiger partial charge >= 0.3 is 0 Å². The van der Waals surface area contributed by atoms with Gasteiger partial charge in [-0.2, -0.15) is 0 Å². The summed E-state index contributed by atoms with van der Waals surface area (Å²) in [6.45, 7) is 0. The number of hydrogen-bond acceptors (Lipinski definition) is 1. The van der Waals surface area contributed by atoms with Crippen molar-refractivity contribution in [2.75, 3.05) is 4.90 Å². The number of rotatable bonds is 9. The first-order chi connectivity index (χ1) is 29.3. The molecule has 0 aromatic heterocycles. The van der Waals surface area contributed by atoms with E-state index in [1.54, 1.807) is 0 Å². The predicted molar refractivity (Wildman–Crippen MR) is 251 cm³/mol. The second kappa shape index (κ2) is 16.0. The summed E-state index contributed by atoms with van der Waals surface area (Å²) in [7, 11) is 0. The molecule has 0 aliphatic heterocycles. The highest BCUT2D eigenvalue weighted by atomic mass is 15.1. The van der Waals surface area contributed by atoms with Crippen LogP contribution in [-0.4, -0.2) is 0 Å². The molecule has 10 rings (SSSR count). The number of anilines is 3. The van der Waals surface area contributed by atoms with E-state index in [0.29, 0.717) is 0 Å². The minimum atomic E-state index is 1.10. The molecule has 0 saturated carbocycles. The van der Waals surface area contributed by atoms with E-state index >= 15 is 0 Å². The molecule has 59 heavy (non-hydrogen) atoms. The molecule has 0 spiro atoms. The molecule has 0 saturated heterocycles. The fourth-order valence-corrected chi connectivity index (χ4v) is 8.39. The second-order valence-electron chi connectivity index (χ2n) is 14.9. The molecule has 1 heteroatoms. The molecule has 0 aliphatic rings. The van der Waals surface area contributed by atoms with Crippen LogP contribution in [-0.2, 0) is 0 Å². The molecule has 1 nitrogen and oxygen atoms in total. The van der Waals surface area contributed by atoms with Crippen molar-refractivity contribution < 1.29 is 0 Å². The van der Waals surface area contributed by atoms with Gasteiger partial charge in [0.1, 0.15) is 0 Å². The molecule has 278 valence electrons. The smallest absolute Gasteiger partial charge is 0.0462 e. The Kier molecular flexibility index (Phi) is 9.68. The normalized spacial score (nSPS) is 11.1. The average molecular weight is 752 g/mol. The monoisotopic (exact) mass is 751 g/mol. The lowest BCUT2D eigenvalue weighted by Crippen LogP contribution is -2.09. The Morgan fingerprint density at radius 3 is 1.24 bits per heavy atom. The molecule has 0 atom stereocenters. The first-order valence-electron chi connectivity index (χ1n) is 20.3. The van der Waals surface area contributed by atoms with E-state index in [-0.39, 0.29) is 0 Å². The van der Waals surface area contributed by atoms with Gasteiger partial charge in [0, 0.05) is 17.1 Å². The van der Waals surface area contributed by atoms with Crippen LogP contribution in [0.3, 0.4) is 0 Å². The highest BCUT2D eigenvalue weighted by molar-refractivity contribution is 5.99. The van der Waals surface area contributed by atoms with Crippen LogP contribution < -0.4 is 4.90 Å². The number of fused-ring (bicyclic) bond motifs is 1. The molecule has 0 heterocycles. The maximum Gasteiger partial charge on any atom is 0.0462 e. The fourth-order valence-electron chi connectivity index (χ4n) is 8.39. The molecule has 0 radical (unpaired) electrons. The SMILES string of the molecule is c1ccc(-c2cc(-c3ccccc3)c(-c3cccc(-c4ccc(N(c5ccccc5)c5ccc(-c6cccc7ccccc67)cc5)cc4)c3)c(-c3ccccc3)c2)cc1. The zero-order valence-corrected chi connectivity index (χ0v) is 32.6. The van der Waals surface area contributed by atoms with Gasteiger partial charge in [-0.15, -0.1) is 0 Å². The Labute approximate surface area is 346 Å². The molecule has 0 N–H and O–H groups in total. The molecule has 0 aliphatic carbocycles. The summed E-state index contributed by atoms with van der Waals surface area (Å²) in [5.74, 6) is 0. The van der Waals surface area contributed by atoms with Crippen molar-refractivity contribution in [3.05, 3.63) is 249 Å². The van der Waals surface area contributed by atoms with Crippen LogP contribution in [0.2, 0.25) is 0 Å². The first-order valence-corrected chi connectivity index (χ1v) is 20.3. The minimum absolute atomic E-state index is 1.10. The maximum absolute atomic E-state index is 2.36. The zero-order valence-electron chi connectivity index (χ0n) is 32.6. The lowest BCUT2D eigenvalue weighted by Gasteiger charge is -2.26. The second-order valence-corrected chi connectivity index (χ2v) is 14.9. The van der Waals surface area contributed by atoms with Crippen molar-refractivity contribution in [2.45, 2.75) is 0 Å². The summed E-state index contributed by atoms with van der Waals surface area (Å²) in [6.07, 6.45) is 0. The third-order valence-electron chi connectivity index (χ3n) is 11.3. The lowest BCUT2D eigenvalue weighted by atomic mass is 9.84. The Bertz CT molecular complexity index is 2920. The number of hydrogen-bond donors (Lipinski definition) is 0. The van der Waals surface area contributed by atoms with Gasteiger partial charge < -0.3 is 4.90 Å². The van der Waals surface area contributed by atoms with E-state index in [0.717, 1.165) is 17.1 Å². The molecular weight excluding hydrogens is 711 g/mol. The minimum Gasteiger partial charge on any atom is -0.311 e. The molecule has 0 amide bonds. The van der Waals surface area contributed by atoms with Gasteiger partial charge in [0.05, 0.1) is 0 Å². The molecule has 10 aromatic rings. The number of nitrogens with zero attached hydrogens (tertiary/aromatic N) is 1. The van der Waals surface area contributed by atoms with E-state index in [4.69, 9.17) is 0 Å². The van der Waals surface area contributed by atoms with E-state index in [9.17, 15) is 0 Å². The third kappa shape index (κ3) is 7.23. The van der Waals surface area contributed by atoms with Gasteiger partial charge in [-0.3, -0.25) is 0 Å². The van der Waals surface area contributed by atoms with Crippen molar-refractivity contribution in [1.82, 2.24) is 0 Å². The van der Waals surface area contributed by atoms with Gasteiger partial charge in [0.25, 0.3) is 0 Å². The van der Waals surface area contributed by atoms with E-state index in [1.807, 2.05) is 0 Å². The molecular formula is C58H41N. The highest BCUT2D eigenvalue weighted by Crippen LogP contribution is 2.45. The van der Waals surface area contributed by atoms with Crippen LogP contribution in [0.1, 0.15) is 0 Å². The van der Waals surface area contributed by atoms with Crippen molar-refractivity contribution in [3.63, 3.8) is 0 Å². The molecule has 10 aromatic carbocycles. The zero-order chi connectivity index (χ0) is 39.4. The van der Waals surface area contributed by atoms with Gasteiger partial charge in [0.2, 0.25) is 0 Å². The van der Waals surface area contributed by atoms with E-state index in [1.165, 1.54) is 77.5 Å². The van der Waals surface area contributed by atoms with Gasteiger partial charge in [-0.05, 0) is 132 Å². The molecule has 0 unspecified atom stereocenters. The van der Waals surface area contributed by atoms with Crippen LogP contribution in [0, 0.1) is 0 Å².